The van der Waals surface area contributed by atoms with E-state index >= 15 is 0 Å². The number of hydrogen-bond donors (Lipinski definition) is 1. The summed E-state index contributed by atoms with van der Waals surface area (Å²) in [4.78, 5) is 13.6. The predicted molar refractivity (Wildman–Crippen MR) is 72.1 cm³/mol. The molecule has 1 aliphatic heterocycles. The molecule has 0 radical (unpaired) electrons. The molecule has 0 saturated carbocycles. The van der Waals surface area contributed by atoms with Crippen LogP contribution in [0.15, 0.2) is 23.1 Å². The maximum absolute atomic E-state index is 13.8. The molecule has 0 aromatic heterocycles. The van der Waals surface area contributed by atoms with Crippen molar-refractivity contribution in [1.29, 1.82) is 0 Å². The fourth-order valence-electron chi connectivity index (χ4n) is 2.29. The topological polar surface area (TPSA) is 80.5 Å². The number of primary sulfonamides is 1. The lowest BCUT2D eigenvalue weighted by Crippen LogP contribution is -2.32. The van der Waals surface area contributed by atoms with Crippen molar-refractivity contribution in [3.63, 3.8) is 0 Å². The van der Waals surface area contributed by atoms with Crippen molar-refractivity contribution in [2.24, 2.45) is 5.14 Å². The number of rotatable bonds is 2. The van der Waals surface area contributed by atoms with E-state index in [9.17, 15) is 17.6 Å². The molecule has 20 heavy (non-hydrogen) atoms. The highest BCUT2D eigenvalue weighted by molar-refractivity contribution is 7.89. The Kier molecular flexibility index (Phi) is 4.39. The number of sulfonamides is 1. The Labute approximate surface area is 117 Å². The van der Waals surface area contributed by atoms with Crippen LogP contribution in [0.2, 0.25) is 0 Å². The van der Waals surface area contributed by atoms with Crippen LogP contribution in [0.5, 0.6) is 0 Å². The molecule has 110 valence electrons. The maximum atomic E-state index is 13.8. The maximum Gasteiger partial charge on any atom is 0.256 e. The third-order valence-electron chi connectivity index (χ3n) is 3.39. The van der Waals surface area contributed by atoms with Gasteiger partial charge in [-0.05, 0) is 31.0 Å². The van der Waals surface area contributed by atoms with Gasteiger partial charge in [0.05, 0.1) is 10.5 Å². The van der Waals surface area contributed by atoms with Gasteiger partial charge in [0.15, 0.2) is 0 Å². The molecule has 0 unspecified atom stereocenters. The fraction of sp³-hybridized carbons (Fsp3) is 0.462. The standard InChI is InChI=1S/C13H17FN2O3S/c14-12-6-5-10(20(15,18)19)9-11(12)13(17)16-7-3-1-2-4-8-16/h5-6,9H,1-4,7-8H2,(H2,15,18,19). The molecule has 1 fully saturated rings. The van der Waals surface area contributed by atoms with Crippen molar-refractivity contribution >= 4 is 15.9 Å². The van der Waals surface area contributed by atoms with E-state index in [-0.39, 0.29) is 10.5 Å². The molecule has 1 aromatic rings. The van der Waals surface area contributed by atoms with Gasteiger partial charge in [0, 0.05) is 13.1 Å². The molecule has 5 nitrogen and oxygen atoms in total. The summed E-state index contributed by atoms with van der Waals surface area (Å²) in [5, 5.41) is 5.00. The van der Waals surface area contributed by atoms with Crippen molar-refractivity contribution in [2.45, 2.75) is 30.6 Å². The lowest BCUT2D eigenvalue weighted by molar-refractivity contribution is 0.0756. The SMILES string of the molecule is NS(=O)(=O)c1ccc(F)c(C(=O)N2CCCCCC2)c1. The average molecular weight is 300 g/mol. The lowest BCUT2D eigenvalue weighted by atomic mass is 10.2. The van der Waals surface area contributed by atoms with Gasteiger partial charge < -0.3 is 4.90 Å². The van der Waals surface area contributed by atoms with E-state index in [2.05, 4.69) is 0 Å². The summed E-state index contributed by atoms with van der Waals surface area (Å²) in [7, 11) is -3.95. The summed E-state index contributed by atoms with van der Waals surface area (Å²) in [6.45, 7) is 1.13. The van der Waals surface area contributed by atoms with Gasteiger partial charge in [0.2, 0.25) is 10.0 Å². The van der Waals surface area contributed by atoms with Gasteiger partial charge in [0.1, 0.15) is 5.82 Å². The highest BCUT2D eigenvalue weighted by Gasteiger charge is 2.22. The molecule has 1 amide bonds. The van der Waals surface area contributed by atoms with E-state index in [1.807, 2.05) is 0 Å². The van der Waals surface area contributed by atoms with Crippen molar-refractivity contribution in [3.8, 4) is 0 Å². The van der Waals surface area contributed by atoms with E-state index in [1.165, 1.54) is 0 Å². The minimum Gasteiger partial charge on any atom is -0.339 e. The number of hydrogen-bond acceptors (Lipinski definition) is 3. The third-order valence-corrected chi connectivity index (χ3v) is 4.30. The van der Waals surface area contributed by atoms with Gasteiger partial charge in [0.25, 0.3) is 5.91 Å². The molecule has 1 heterocycles. The van der Waals surface area contributed by atoms with Gasteiger partial charge in [-0.1, -0.05) is 12.8 Å². The lowest BCUT2D eigenvalue weighted by Gasteiger charge is -2.20. The summed E-state index contributed by atoms with van der Waals surface area (Å²) in [6.07, 6.45) is 3.84. The number of carbonyl (C=O) groups excluding carboxylic acids is 1. The molecule has 1 saturated heterocycles. The van der Waals surface area contributed by atoms with Crippen molar-refractivity contribution in [2.75, 3.05) is 13.1 Å². The Balaban J connectivity index is 2.33. The number of nitrogens with two attached hydrogens (primary N) is 1. The van der Waals surface area contributed by atoms with Crippen LogP contribution in [-0.2, 0) is 10.0 Å². The smallest absolute Gasteiger partial charge is 0.256 e. The summed E-state index contributed by atoms with van der Waals surface area (Å²) in [5.74, 6) is -1.21. The minimum atomic E-state index is -3.95. The van der Waals surface area contributed by atoms with Gasteiger partial charge in [-0.3, -0.25) is 4.79 Å². The normalized spacial score (nSPS) is 16.8. The molecular formula is C13H17FN2O3S. The molecule has 0 aliphatic carbocycles. The molecule has 7 heteroatoms. The van der Waals surface area contributed by atoms with E-state index in [4.69, 9.17) is 5.14 Å². The number of halogens is 1. The largest absolute Gasteiger partial charge is 0.339 e. The zero-order valence-electron chi connectivity index (χ0n) is 11.0. The van der Waals surface area contributed by atoms with Crippen LogP contribution >= 0.6 is 0 Å². The summed E-state index contributed by atoms with van der Waals surface area (Å²) < 4.78 is 36.3. The van der Waals surface area contributed by atoms with Crippen molar-refractivity contribution in [1.82, 2.24) is 4.90 Å². The quantitative estimate of drug-likeness (QED) is 0.898. The zero-order valence-corrected chi connectivity index (χ0v) is 11.8. The molecule has 0 bridgehead atoms. The Bertz CT molecular complexity index is 608. The zero-order chi connectivity index (χ0) is 14.8. The molecule has 2 rings (SSSR count). The van der Waals surface area contributed by atoms with E-state index in [0.29, 0.717) is 13.1 Å². The molecule has 1 aliphatic rings. The van der Waals surface area contributed by atoms with Crippen LogP contribution in [0.25, 0.3) is 0 Å². The molecule has 1 aromatic carbocycles. The van der Waals surface area contributed by atoms with Crippen LogP contribution in [0, 0.1) is 5.82 Å². The third kappa shape index (κ3) is 3.34. The first-order valence-electron chi connectivity index (χ1n) is 6.51. The Morgan fingerprint density at radius 1 is 1.15 bits per heavy atom. The number of nitrogens with zero attached hydrogens (tertiary/aromatic N) is 1. The Morgan fingerprint density at radius 3 is 2.30 bits per heavy atom. The van der Waals surface area contributed by atoms with Crippen LogP contribution in [0.3, 0.4) is 0 Å². The molecule has 0 atom stereocenters. The number of benzene rings is 1. The van der Waals surface area contributed by atoms with Gasteiger partial charge in [-0.2, -0.15) is 0 Å². The molecular weight excluding hydrogens is 283 g/mol. The molecule has 2 N–H and O–H groups in total. The Hall–Kier alpha value is -1.47. The second kappa shape index (κ2) is 5.88. The van der Waals surface area contributed by atoms with Crippen LogP contribution in [0.4, 0.5) is 4.39 Å². The number of amides is 1. The van der Waals surface area contributed by atoms with Crippen LogP contribution in [0.1, 0.15) is 36.0 Å². The number of likely N-dealkylation sites (tertiary alicyclic amines) is 1. The predicted octanol–water partition coefficient (Wildman–Crippen LogP) is 1.49. The van der Waals surface area contributed by atoms with Gasteiger partial charge >= 0.3 is 0 Å². The first-order valence-corrected chi connectivity index (χ1v) is 8.06. The second-order valence-electron chi connectivity index (χ2n) is 4.89. The highest BCUT2D eigenvalue weighted by atomic mass is 32.2. The van der Waals surface area contributed by atoms with E-state index in [0.717, 1.165) is 43.9 Å². The summed E-state index contributed by atoms with van der Waals surface area (Å²) >= 11 is 0. The van der Waals surface area contributed by atoms with E-state index < -0.39 is 21.7 Å². The summed E-state index contributed by atoms with van der Waals surface area (Å²) in [6, 6.07) is 3.03. The van der Waals surface area contributed by atoms with Gasteiger partial charge in [-0.25, -0.2) is 17.9 Å². The first-order chi connectivity index (χ1) is 9.39. The fourth-order valence-corrected chi connectivity index (χ4v) is 2.83. The van der Waals surface area contributed by atoms with E-state index in [1.54, 1.807) is 4.90 Å². The Morgan fingerprint density at radius 2 is 1.75 bits per heavy atom. The van der Waals surface area contributed by atoms with Crippen molar-refractivity contribution in [3.05, 3.63) is 29.6 Å². The van der Waals surface area contributed by atoms with Crippen LogP contribution < -0.4 is 5.14 Å². The monoisotopic (exact) mass is 300 g/mol. The first kappa shape index (κ1) is 14.9. The minimum absolute atomic E-state index is 0.238. The highest BCUT2D eigenvalue weighted by Crippen LogP contribution is 2.18. The van der Waals surface area contributed by atoms with Crippen molar-refractivity contribution < 1.29 is 17.6 Å². The van der Waals surface area contributed by atoms with Crippen LogP contribution in [-0.4, -0.2) is 32.3 Å². The summed E-state index contributed by atoms with van der Waals surface area (Å²) in [5.41, 5.74) is -0.238. The second-order valence-corrected chi connectivity index (χ2v) is 6.45. The molecule has 0 spiro atoms. The number of carbonyl (C=O) groups is 1. The van der Waals surface area contributed by atoms with Gasteiger partial charge in [-0.15, -0.1) is 0 Å². The average Bonchev–Trinajstić information content (AvgIpc) is 2.66.